The first-order valence-corrected chi connectivity index (χ1v) is 20.3. The largest absolute Gasteiger partial charge is 0.449 e. The predicted molar refractivity (Wildman–Crippen MR) is 239 cm³/mol. The minimum atomic E-state index is -0.112. The summed E-state index contributed by atoms with van der Waals surface area (Å²) in [6, 6.07) is 59.5. The molecule has 0 N–H and O–H groups in total. The van der Waals surface area contributed by atoms with Gasteiger partial charge in [0, 0.05) is 28.0 Å². The Hall–Kier alpha value is -7.30. The van der Waals surface area contributed by atoms with Gasteiger partial charge in [-0.25, -0.2) is 9.97 Å². The van der Waals surface area contributed by atoms with E-state index in [9.17, 15) is 0 Å². The van der Waals surface area contributed by atoms with Gasteiger partial charge in [-0.05, 0) is 86.8 Å². The van der Waals surface area contributed by atoms with E-state index in [1.165, 1.54) is 22.3 Å². The molecule has 0 spiro atoms. The molecule has 0 amide bonds. The molecule has 1 unspecified atom stereocenters. The van der Waals surface area contributed by atoms with Crippen molar-refractivity contribution in [3.05, 3.63) is 210 Å². The maximum Gasteiger partial charge on any atom is 0.178 e. The minimum Gasteiger partial charge on any atom is -0.449 e. The normalized spacial score (nSPS) is 15.5. The highest BCUT2D eigenvalue weighted by Crippen LogP contribution is 2.58. The highest BCUT2D eigenvalue weighted by Gasteiger charge is 2.39. The van der Waals surface area contributed by atoms with Crippen LogP contribution < -0.4 is 9.47 Å². The Kier molecular flexibility index (Phi) is 8.26. The number of aromatic nitrogens is 2. The van der Waals surface area contributed by atoms with E-state index in [1.807, 2.05) is 12.1 Å². The SMILES string of the molecule is CC1(C)c2ccccc2-c2c1ccc1c2Oc2ccc(-c3ccc(-c4cc(C5=CC(c6ccccc6)CC=C5)nc(-c5cccc(-c6ccccc6)c5)n4)cc3)cc2O1. The van der Waals surface area contributed by atoms with Gasteiger partial charge in [-0.15, -0.1) is 0 Å². The van der Waals surface area contributed by atoms with E-state index < -0.39 is 0 Å². The van der Waals surface area contributed by atoms with Gasteiger partial charge in [-0.3, -0.25) is 0 Å². The smallest absolute Gasteiger partial charge is 0.178 e. The van der Waals surface area contributed by atoms with Crippen LogP contribution in [0.5, 0.6) is 23.0 Å². The quantitative estimate of drug-likeness (QED) is 0.169. The molecule has 1 atom stereocenters. The topological polar surface area (TPSA) is 44.2 Å². The average Bonchev–Trinajstić information content (AvgIpc) is 3.54. The van der Waals surface area contributed by atoms with Gasteiger partial charge < -0.3 is 9.47 Å². The van der Waals surface area contributed by atoms with Crippen LogP contribution in [0.2, 0.25) is 0 Å². The standard InChI is InChI=1S/C55H40N2O2/c1-55(2)45-22-10-9-21-44(45)52-46(55)28-30-50-53(52)59-49-29-27-41(33-51(49)58-50)37-23-25-38(26-24-37)47-34-48(42-19-11-17-39(31-42)35-13-5-3-6-14-35)57-54(56-47)43-20-12-18-40(32-43)36-15-7-4-8-16-36/h3-16,18-34,39H,17H2,1-2H3. The van der Waals surface area contributed by atoms with Crippen LogP contribution in [0.4, 0.5) is 0 Å². The third-order valence-corrected chi connectivity index (χ3v) is 12.1. The fraction of sp³-hybridized carbons (Fsp3) is 0.0909. The van der Waals surface area contributed by atoms with Crippen LogP contribution in [0.25, 0.3) is 61.6 Å². The molecule has 7 aromatic carbocycles. The first kappa shape index (κ1) is 34.9. The molecule has 2 heterocycles. The summed E-state index contributed by atoms with van der Waals surface area (Å²) in [6.07, 6.45) is 7.77. The Bertz CT molecular complexity index is 2980. The molecule has 4 heteroatoms. The predicted octanol–water partition coefficient (Wildman–Crippen LogP) is 14.5. The number of ether oxygens (including phenoxy) is 2. The van der Waals surface area contributed by atoms with Gasteiger partial charge in [0.15, 0.2) is 28.8 Å². The molecule has 8 aromatic rings. The van der Waals surface area contributed by atoms with Crippen LogP contribution in [0.15, 0.2) is 188 Å². The fourth-order valence-corrected chi connectivity index (χ4v) is 8.96. The van der Waals surface area contributed by atoms with Crippen molar-refractivity contribution in [3.63, 3.8) is 0 Å². The van der Waals surface area contributed by atoms with E-state index in [2.05, 4.69) is 190 Å². The summed E-state index contributed by atoms with van der Waals surface area (Å²) in [7, 11) is 0. The second kappa shape index (κ2) is 14.0. The summed E-state index contributed by atoms with van der Waals surface area (Å²) < 4.78 is 13.2. The van der Waals surface area contributed by atoms with Crippen molar-refractivity contribution in [3.8, 4) is 79.0 Å². The monoisotopic (exact) mass is 760 g/mol. The van der Waals surface area contributed by atoms with Crippen molar-refractivity contribution >= 4 is 5.57 Å². The third kappa shape index (κ3) is 6.16. The molecule has 3 aliphatic rings. The number of allylic oxidation sites excluding steroid dienone is 4. The number of hydrogen-bond acceptors (Lipinski definition) is 4. The van der Waals surface area contributed by atoms with Gasteiger partial charge in [-0.2, -0.15) is 0 Å². The maximum atomic E-state index is 6.66. The van der Waals surface area contributed by atoms with E-state index in [0.717, 1.165) is 73.8 Å². The summed E-state index contributed by atoms with van der Waals surface area (Å²) in [4.78, 5) is 10.4. The van der Waals surface area contributed by atoms with Crippen LogP contribution in [0.1, 0.15) is 48.6 Å². The molecule has 282 valence electrons. The van der Waals surface area contributed by atoms with Crippen LogP contribution >= 0.6 is 0 Å². The molecule has 11 rings (SSSR count). The van der Waals surface area contributed by atoms with Gasteiger partial charge >= 0.3 is 0 Å². The van der Waals surface area contributed by atoms with Gasteiger partial charge in [0.2, 0.25) is 0 Å². The van der Waals surface area contributed by atoms with Crippen molar-refractivity contribution in [2.75, 3.05) is 0 Å². The van der Waals surface area contributed by atoms with Gasteiger partial charge in [0.05, 0.1) is 11.4 Å². The molecule has 0 bridgehead atoms. The Morgan fingerprint density at radius 3 is 2.02 bits per heavy atom. The highest BCUT2D eigenvalue weighted by molar-refractivity contribution is 5.88. The summed E-state index contributed by atoms with van der Waals surface area (Å²) in [5.74, 6) is 3.92. The van der Waals surface area contributed by atoms with Gasteiger partial charge in [-0.1, -0.05) is 172 Å². The lowest BCUT2D eigenvalue weighted by atomic mass is 9.82. The van der Waals surface area contributed by atoms with Crippen molar-refractivity contribution < 1.29 is 9.47 Å². The van der Waals surface area contributed by atoms with Crippen LogP contribution in [-0.2, 0) is 5.41 Å². The fourth-order valence-electron chi connectivity index (χ4n) is 8.96. The maximum absolute atomic E-state index is 6.66. The molecule has 4 nitrogen and oxygen atoms in total. The minimum absolute atomic E-state index is 0.112. The van der Waals surface area contributed by atoms with Crippen LogP contribution in [-0.4, -0.2) is 9.97 Å². The summed E-state index contributed by atoms with van der Waals surface area (Å²) in [6.45, 7) is 4.55. The van der Waals surface area contributed by atoms with Crippen molar-refractivity contribution in [2.45, 2.75) is 31.6 Å². The van der Waals surface area contributed by atoms with E-state index in [1.54, 1.807) is 0 Å². The average molecular weight is 761 g/mol. The Labute approximate surface area is 344 Å². The number of nitrogens with zero attached hydrogens (tertiary/aromatic N) is 2. The lowest BCUT2D eigenvalue weighted by molar-refractivity contribution is 0.360. The van der Waals surface area contributed by atoms with E-state index in [4.69, 9.17) is 19.4 Å². The number of hydrogen-bond donors (Lipinski definition) is 0. The second-order valence-corrected chi connectivity index (χ2v) is 16.1. The number of fused-ring (bicyclic) bond motifs is 6. The van der Waals surface area contributed by atoms with Crippen LogP contribution in [0.3, 0.4) is 0 Å². The zero-order valence-electron chi connectivity index (χ0n) is 32.9. The number of rotatable bonds is 6. The van der Waals surface area contributed by atoms with Crippen molar-refractivity contribution in [1.82, 2.24) is 9.97 Å². The summed E-state index contributed by atoms with van der Waals surface area (Å²) in [5, 5.41) is 0. The molecular weight excluding hydrogens is 721 g/mol. The third-order valence-electron chi connectivity index (χ3n) is 12.1. The Morgan fingerprint density at radius 1 is 0.508 bits per heavy atom. The molecule has 1 aliphatic heterocycles. The highest BCUT2D eigenvalue weighted by atomic mass is 16.6. The Balaban J connectivity index is 0.933. The molecule has 2 aliphatic carbocycles. The lowest BCUT2D eigenvalue weighted by Gasteiger charge is -2.25. The van der Waals surface area contributed by atoms with Crippen molar-refractivity contribution in [1.29, 1.82) is 0 Å². The first-order valence-electron chi connectivity index (χ1n) is 20.3. The molecule has 0 fully saturated rings. The molecule has 0 radical (unpaired) electrons. The molecule has 0 saturated carbocycles. The van der Waals surface area contributed by atoms with Crippen LogP contribution in [0, 0.1) is 0 Å². The number of benzene rings is 7. The van der Waals surface area contributed by atoms with Crippen molar-refractivity contribution in [2.24, 2.45) is 0 Å². The molecule has 1 aromatic heterocycles. The van der Waals surface area contributed by atoms with Gasteiger partial charge in [0.1, 0.15) is 0 Å². The van der Waals surface area contributed by atoms with E-state index >= 15 is 0 Å². The molecular formula is C55H40N2O2. The molecule has 0 saturated heterocycles. The molecule has 59 heavy (non-hydrogen) atoms. The second-order valence-electron chi connectivity index (χ2n) is 16.1. The first-order chi connectivity index (χ1) is 29.0. The zero-order chi connectivity index (χ0) is 39.5. The van der Waals surface area contributed by atoms with E-state index in [0.29, 0.717) is 17.3 Å². The summed E-state index contributed by atoms with van der Waals surface area (Å²) in [5.41, 5.74) is 15.4. The van der Waals surface area contributed by atoms with Gasteiger partial charge in [0.25, 0.3) is 0 Å². The Morgan fingerprint density at radius 2 is 1.17 bits per heavy atom. The van der Waals surface area contributed by atoms with E-state index in [-0.39, 0.29) is 11.3 Å². The lowest BCUT2D eigenvalue weighted by Crippen LogP contribution is -2.15. The zero-order valence-corrected chi connectivity index (χ0v) is 32.9. The summed E-state index contributed by atoms with van der Waals surface area (Å²) >= 11 is 0.